The number of hydrogen-bond acceptors (Lipinski definition) is 4. The Bertz CT molecular complexity index is 103. The van der Waals surface area contributed by atoms with Crippen molar-refractivity contribution in [1.82, 2.24) is 5.01 Å². The Balaban J connectivity index is 0.000000217. The summed E-state index contributed by atoms with van der Waals surface area (Å²) < 4.78 is 4.15. The maximum absolute atomic E-state index is 9.18. The lowest BCUT2D eigenvalue weighted by Gasteiger charge is -2.20. The Morgan fingerprint density at radius 3 is 2.17 bits per heavy atom. The van der Waals surface area contributed by atoms with Crippen molar-refractivity contribution in [1.29, 1.82) is 0 Å². The fraction of sp³-hybridized carbons (Fsp3) is 0.875. The van der Waals surface area contributed by atoms with Crippen molar-refractivity contribution < 1.29 is 9.53 Å². The number of piperidine rings is 1. The Kier molecular flexibility index (Phi) is 8.05. The van der Waals surface area contributed by atoms with Gasteiger partial charge in [0.1, 0.15) is 0 Å². The van der Waals surface area contributed by atoms with E-state index in [1.165, 1.54) is 19.3 Å². The van der Waals surface area contributed by atoms with Gasteiger partial charge in [0.05, 0.1) is 6.61 Å². The van der Waals surface area contributed by atoms with Crippen molar-refractivity contribution in [3.8, 4) is 0 Å². The van der Waals surface area contributed by atoms with Crippen molar-refractivity contribution >= 4 is 6.47 Å². The zero-order valence-corrected chi connectivity index (χ0v) is 7.66. The van der Waals surface area contributed by atoms with E-state index in [0.29, 0.717) is 13.1 Å². The van der Waals surface area contributed by atoms with E-state index in [4.69, 9.17) is 5.84 Å². The summed E-state index contributed by atoms with van der Waals surface area (Å²) in [6, 6.07) is 0. The molecule has 2 N–H and O–H groups in total. The number of hydrazine groups is 1. The molecule has 4 nitrogen and oxygen atoms in total. The van der Waals surface area contributed by atoms with E-state index in [0.717, 1.165) is 13.1 Å². The quantitative estimate of drug-likeness (QED) is 0.490. The minimum atomic E-state index is 0.431. The Morgan fingerprint density at radius 2 is 2.00 bits per heavy atom. The molecule has 0 bridgehead atoms. The first-order chi connectivity index (χ1) is 5.81. The second-order valence-corrected chi connectivity index (χ2v) is 2.65. The number of rotatable bonds is 2. The summed E-state index contributed by atoms with van der Waals surface area (Å²) in [5.41, 5.74) is 0. The molecular weight excluding hydrogens is 156 g/mol. The van der Waals surface area contributed by atoms with Crippen LogP contribution in [0.3, 0.4) is 0 Å². The van der Waals surface area contributed by atoms with Crippen molar-refractivity contribution in [3.05, 3.63) is 0 Å². The zero-order chi connectivity index (χ0) is 9.23. The largest absolute Gasteiger partial charge is 0.468 e. The molecule has 1 aliphatic heterocycles. The third-order valence-corrected chi connectivity index (χ3v) is 1.63. The third-order valence-electron chi connectivity index (χ3n) is 1.63. The van der Waals surface area contributed by atoms with E-state index in [2.05, 4.69) is 4.74 Å². The van der Waals surface area contributed by atoms with E-state index < -0.39 is 0 Å². The van der Waals surface area contributed by atoms with E-state index in [1.807, 2.05) is 5.01 Å². The Labute approximate surface area is 73.6 Å². The SMILES string of the molecule is CCOC=O.NN1CCCCC1. The van der Waals surface area contributed by atoms with Crippen LogP contribution in [0.2, 0.25) is 0 Å². The van der Waals surface area contributed by atoms with Gasteiger partial charge in [-0.05, 0) is 19.8 Å². The lowest BCUT2D eigenvalue weighted by atomic mass is 10.2. The van der Waals surface area contributed by atoms with Gasteiger partial charge in [0.2, 0.25) is 0 Å². The van der Waals surface area contributed by atoms with Gasteiger partial charge < -0.3 is 4.74 Å². The topological polar surface area (TPSA) is 55.6 Å². The van der Waals surface area contributed by atoms with Gasteiger partial charge in [-0.15, -0.1) is 0 Å². The molecule has 4 heteroatoms. The van der Waals surface area contributed by atoms with Crippen LogP contribution in [0.1, 0.15) is 26.2 Å². The molecule has 0 unspecified atom stereocenters. The maximum Gasteiger partial charge on any atom is 0.293 e. The average Bonchev–Trinajstić information content (AvgIpc) is 2.08. The highest BCUT2D eigenvalue weighted by atomic mass is 16.5. The van der Waals surface area contributed by atoms with E-state index in [9.17, 15) is 4.79 Å². The van der Waals surface area contributed by atoms with Crippen LogP contribution in [0.25, 0.3) is 0 Å². The van der Waals surface area contributed by atoms with Crippen molar-refractivity contribution in [2.45, 2.75) is 26.2 Å². The van der Waals surface area contributed by atoms with E-state index >= 15 is 0 Å². The molecule has 0 aromatic heterocycles. The molecular formula is C8H18N2O2. The van der Waals surface area contributed by atoms with Crippen LogP contribution in [0.15, 0.2) is 0 Å². The summed E-state index contributed by atoms with van der Waals surface area (Å²) in [6.07, 6.45) is 3.95. The molecule has 0 saturated carbocycles. The standard InChI is InChI=1S/C5H12N2.C3H6O2/c6-7-4-2-1-3-5-7;1-2-5-3-4/h1-6H2;3H,2H2,1H3. The van der Waals surface area contributed by atoms with Crippen LogP contribution in [-0.2, 0) is 9.53 Å². The van der Waals surface area contributed by atoms with Crippen molar-refractivity contribution in [2.75, 3.05) is 19.7 Å². The molecule has 0 aromatic carbocycles. The van der Waals surface area contributed by atoms with Gasteiger partial charge in [-0.25, -0.2) is 5.01 Å². The summed E-state index contributed by atoms with van der Waals surface area (Å²) in [6.45, 7) is 4.86. The maximum atomic E-state index is 9.18. The highest BCUT2D eigenvalue weighted by molar-refractivity contribution is 5.36. The predicted molar refractivity (Wildman–Crippen MR) is 47.3 cm³/mol. The molecule has 0 atom stereocenters. The van der Waals surface area contributed by atoms with E-state index in [-0.39, 0.29) is 0 Å². The lowest BCUT2D eigenvalue weighted by molar-refractivity contribution is -0.128. The number of carbonyl (C=O) groups is 1. The number of nitrogens with zero attached hydrogens (tertiary/aromatic N) is 1. The summed E-state index contributed by atoms with van der Waals surface area (Å²) in [7, 11) is 0. The minimum absolute atomic E-state index is 0.431. The third kappa shape index (κ3) is 7.50. The normalized spacial score (nSPS) is 17.5. The molecule has 0 aromatic rings. The first-order valence-electron chi connectivity index (χ1n) is 4.36. The van der Waals surface area contributed by atoms with Crippen LogP contribution in [0, 0.1) is 0 Å². The van der Waals surface area contributed by atoms with Gasteiger partial charge in [-0.1, -0.05) is 6.42 Å². The second kappa shape index (κ2) is 8.49. The molecule has 0 amide bonds. The number of nitrogens with two attached hydrogens (primary N) is 1. The van der Waals surface area contributed by atoms with Crippen LogP contribution in [-0.4, -0.2) is 31.2 Å². The Hall–Kier alpha value is -0.610. The highest BCUT2D eigenvalue weighted by Crippen LogP contribution is 2.03. The lowest BCUT2D eigenvalue weighted by Crippen LogP contribution is -2.35. The van der Waals surface area contributed by atoms with Gasteiger partial charge >= 0.3 is 0 Å². The summed E-state index contributed by atoms with van der Waals surface area (Å²) in [4.78, 5) is 9.18. The van der Waals surface area contributed by atoms with Crippen LogP contribution in [0.4, 0.5) is 0 Å². The smallest absolute Gasteiger partial charge is 0.293 e. The zero-order valence-electron chi connectivity index (χ0n) is 7.66. The predicted octanol–water partition coefficient (Wildman–Crippen LogP) is 0.525. The highest BCUT2D eigenvalue weighted by Gasteiger charge is 2.02. The van der Waals surface area contributed by atoms with Gasteiger partial charge in [0.15, 0.2) is 0 Å². The molecule has 0 radical (unpaired) electrons. The molecule has 1 heterocycles. The summed E-state index contributed by atoms with van der Waals surface area (Å²) in [5, 5.41) is 1.89. The molecule has 1 rings (SSSR count). The van der Waals surface area contributed by atoms with Gasteiger partial charge in [0.25, 0.3) is 6.47 Å². The van der Waals surface area contributed by atoms with Gasteiger partial charge in [0, 0.05) is 13.1 Å². The molecule has 72 valence electrons. The summed E-state index contributed by atoms with van der Waals surface area (Å²) >= 11 is 0. The fourth-order valence-electron chi connectivity index (χ4n) is 0.986. The number of hydrogen-bond donors (Lipinski definition) is 1. The summed E-state index contributed by atoms with van der Waals surface area (Å²) in [5.74, 6) is 5.47. The van der Waals surface area contributed by atoms with Crippen LogP contribution < -0.4 is 5.84 Å². The van der Waals surface area contributed by atoms with Crippen LogP contribution in [0.5, 0.6) is 0 Å². The van der Waals surface area contributed by atoms with Crippen molar-refractivity contribution in [2.24, 2.45) is 5.84 Å². The van der Waals surface area contributed by atoms with Gasteiger partial charge in [-0.3, -0.25) is 10.6 Å². The molecule has 0 spiro atoms. The number of carbonyl (C=O) groups excluding carboxylic acids is 1. The second-order valence-electron chi connectivity index (χ2n) is 2.65. The van der Waals surface area contributed by atoms with Crippen LogP contribution >= 0.6 is 0 Å². The first kappa shape index (κ1) is 11.4. The van der Waals surface area contributed by atoms with Gasteiger partial charge in [-0.2, -0.15) is 0 Å². The van der Waals surface area contributed by atoms with E-state index in [1.54, 1.807) is 6.92 Å². The molecule has 1 aliphatic rings. The molecule has 12 heavy (non-hydrogen) atoms. The molecule has 0 aliphatic carbocycles. The first-order valence-corrected chi connectivity index (χ1v) is 4.36. The monoisotopic (exact) mass is 174 g/mol. The number of ether oxygens (including phenoxy) is 1. The Morgan fingerprint density at radius 1 is 1.42 bits per heavy atom. The fourth-order valence-corrected chi connectivity index (χ4v) is 0.986. The van der Waals surface area contributed by atoms with Crippen molar-refractivity contribution in [3.63, 3.8) is 0 Å². The minimum Gasteiger partial charge on any atom is -0.468 e. The molecule has 1 fully saturated rings. The molecule has 1 saturated heterocycles. The average molecular weight is 174 g/mol.